The first-order chi connectivity index (χ1) is 9.13. The minimum Gasteiger partial charge on any atom is -0.496 e. The zero-order valence-corrected chi connectivity index (χ0v) is 12.0. The van der Waals surface area contributed by atoms with Crippen LogP contribution in [0.3, 0.4) is 0 Å². The maximum absolute atomic E-state index is 5.44. The van der Waals surface area contributed by atoms with Gasteiger partial charge in [-0.15, -0.1) is 0 Å². The lowest BCUT2D eigenvalue weighted by molar-refractivity contribution is 0.405. The Labute approximate surface area is 115 Å². The fourth-order valence-electron chi connectivity index (χ4n) is 2.30. The van der Waals surface area contributed by atoms with Crippen molar-refractivity contribution in [2.75, 3.05) is 14.2 Å². The Morgan fingerprint density at radius 3 is 1.53 bits per heavy atom. The fourth-order valence-corrected chi connectivity index (χ4v) is 2.30. The Morgan fingerprint density at radius 2 is 1.16 bits per heavy atom. The van der Waals surface area contributed by atoms with Gasteiger partial charge in [-0.2, -0.15) is 0 Å². The molecule has 0 saturated heterocycles. The SMILES string of the molecule is COc1ccc(C)cc1Cc1cc(C)ccc1OC. The van der Waals surface area contributed by atoms with Crippen LogP contribution >= 0.6 is 0 Å². The van der Waals surface area contributed by atoms with E-state index >= 15 is 0 Å². The van der Waals surface area contributed by atoms with Crippen molar-refractivity contribution in [3.05, 3.63) is 58.7 Å². The number of ether oxygens (including phenoxy) is 2. The van der Waals surface area contributed by atoms with E-state index < -0.39 is 0 Å². The highest BCUT2D eigenvalue weighted by atomic mass is 16.5. The molecule has 2 aromatic carbocycles. The second-order valence-corrected chi connectivity index (χ2v) is 4.81. The van der Waals surface area contributed by atoms with Crippen molar-refractivity contribution in [2.45, 2.75) is 20.3 Å². The summed E-state index contributed by atoms with van der Waals surface area (Å²) in [7, 11) is 3.42. The molecule has 0 unspecified atom stereocenters. The van der Waals surface area contributed by atoms with Gasteiger partial charge in [0.25, 0.3) is 0 Å². The standard InChI is InChI=1S/C17H20O2/c1-12-5-7-16(18-3)14(9-12)11-15-10-13(2)6-8-17(15)19-4/h5-10H,11H2,1-4H3. The normalized spacial score (nSPS) is 10.3. The van der Waals surface area contributed by atoms with E-state index in [-0.39, 0.29) is 0 Å². The number of hydrogen-bond acceptors (Lipinski definition) is 2. The van der Waals surface area contributed by atoms with E-state index in [1.54, 1.807) is 14.2 Å². The van der Waals surface area contributed by atoms with Crippen LogP contribution in [0, 0.1) is 13.8 Å². The molecule has 100 valence electrons. The van der Waals surface area contributed by atoms with Gasteiger partial charge in [0.2, 0.25) is 0 Å². The van der Waals surface area contributed by atoms with E-state index in [0.29, 0.717) is 0 Å². The third-order valence-corrected chi connectivity index (χ3v) is 3.25. The molecule has 2 heteroatoms. The second-order valence-electron chi connectivity index (χ2n) is 4.81. The molecule has 0 heterocycles. The van der Waals surface area contributed by atoms with Crippen LogP contribution < -0.4 is 9.47 Å². The van der Waals surface area contributed by atoms with Crippen LogP contribution in [-0.2, 0) is 6.42 Å². The van der Waals surface area contributed by atoms with Crippen LogP contribution in [0.15, 0.2) is 36.4 Å². The molecule has 0 saturated carbocycles. The monoisotopic (exact) mass is 256 g/mol. The molecular weight excluding hydrogens is 236 g/mol. The van der Waals surface area contributed by atoms with Crippen LogP contribution in [0.4, 0.5) is 0 Å². The Kier molecular flexibility index (Phi) is 4.10. The summed E-state index contributed by atoms with van der Waals surface area (Å²) in [5.74, 6) is 1.85. The minimum atomic E-state index is 0.815. The largest absolute Gasteiger partial charge is 0.496 e. The van der Waals surface area contributed by atoms with Gasteiger partial charge in [-0.3, -0.25) is 0 Å². The van der Waals surface area contributed by atoms with Gasteiger partial charge >= 0.3 is 0 Å². The highest BCUT2D eigenvalue weighted by Gasteiger charge is 2.09. The molecule has 0 aliphatic carbocycles. The Balaban J connectivity index is 2.40. The van der Waals surface area contributed by atoms with Crippen molar-refractivity contribution < 1.29 is 9.47 Å². The van der Waals surface area contributed by atoms with Crippen LogP contribution in [0.25, 0.3) is 0 Å². The maximum atomic E-state index is 5.44. The molecule has 0 atom stereocenters. The van der Waals surface area contributed by atoms with Gasteiger partial charge in [-0.1, -0.05) is 35.4 Å². The molecule has 0 bridgehead atoms. The summed E-state index contributed by atoms with van der Waals surface area (Å²) in [4.78, 5) is 0. The topological polar surface area (TPSA) is 18.5 Å². The second kappa shape index (κ2) is 5.79. The fraction of sp³-hybridized carbons (Fsp3) is 0.294. The summed E-state index contributed by atoms with van der Waals surface area (Å²) in [5.41, 5.74) is 4.85. The van der Waals surface area contributed by atoms with Crippen LogP contribution in [0.5, 0.6) is 11.5 Å². The average Bonchev–Trinajstić information content (AvgIpc) is 2.39. The Hall–Kier alpha value is -1.96. The lowest BCUT2D eigenvalue weighted by Crippen LogP contribution is -1.98. The summed E-state index contributed by atoms with van der Waals surface area (Å²) in [5, 5.41) is 0. The molecule has 2 nitrogen and oxygen atoms in total. The lowest BCUT2D eigenvalue weighted by atomic mass is 10.00. The number of aryl methyl sites for hydroxylation is 2. The van der Waals surface area contributed by atoms with Crippen molar-refractivity contribution in [3.63, 3.8) is 0 Å². The number of hydrogen-bond donors (Lipinski definition) is 0. The van der Waals surface area contributed by atoms with Crippen molar-refractivity contribution in [2.24, 2.45) is 0 Å². The van der Waals surface area contributed by atoms with E-state index in [4.69, 9.17) is 9.47 Å². The summed E-state index contributed by atoms with van der Waals surface area (Å²) < 4.78 is 10.9. The molecule has 2 rings (SSSR count). The van der Waals surface area contributed by atoms with E-state index in [0.717, 1.165) is 17.9 Å². The van der Waals surface area contributed by atoms with Gasteiger partial charge < -0.3 is 9.47 Å². The molecule has 0 aliphatic rings. The molecule has 0 N–H and O–H groups in total. The Morgan fingerprint density at radius 1 is 0.737 bits per heavy atom. The third-order valence-electron chi connectivity index (χ3n) is 3.25. The summed E-state index contributed by atoms with van der Waals surface area (Å²) >= 11 is 0. The highest BCUT2D eigenvalue weighted by Crippen LogP contribution is 2.27. The molecule has 2 aromatic rings. The van der Waals surface area contributed by atoms with E-state index in [1.807, 2.05) is 12.1 Å². The summed E-state index contributed by atoms with van der Waals surface area (Å²) in [6.07, 6.45) is 0.815. The zero-order valence-electron chi connectivity index (χ0n) is 12.0. The van der Waals surface area contributed by atoms with Crippen molar-refractivity contribution in [1.29, 1.82) is 0 Å². The zero-order chi connectivity index (χ0) is 13.8. The van der Waals surface area contributed by atoms with Crippen molar-refractivity contribution >= 4 is 0 Å². The number of benzene rings is 2. The van der Waals surface area contributed by atoms with E-state index in [1.165, 1.54) is 22.3 Å². The minimum absolute atomic E-state index is 0.815. The van der Waals surface area contributed by atoms with E-state index in [9.17, 15) is 0 Å². The van der Waals surface area contributed by atoms with E-state index in [2.05, 4.69) is 38.1 Å². The predicted octanol–water partition coefficient (Wildman–Crippen LogP) is 3.91. The molecule has 0 spiro atoms. The number of rotatable bonds is 4. The lowest BCUT2D eigenvalue weighted by Gasteiger charge is -2.13. The first-order valence-corrected chi connectivity index (χ1v) is 6.41. The average molecular weight is 256 g/mol. The van der Waals surface area contributed by atoms with Crippen LogP contribution in [0.2, 0.25) is 0 Å². The van der Waals surface area contributed by atoms with Crippen LogP contribution in [0.1, 0.15) is 22.3 Å². The van der Waals surface area contributed by atoms with Gasteiger partial charge in [0.1, 0.15) is 11.5 Å². The molecule has 0 aliphatic heterocycles. The van der Waals surface area contributed by atoms with Crippen LogP contribution in [-0.4, -0.2) is 14.2 Å². The molecule has 0 radical (unpaired) electrons. The van der Waals surface area contributed by atoms with Crippen molar-refractivity contribution in [1.82, 2.24) is 0 Å². The molecule has 0 amide bonds. The quantitative estimate of drug-likeness (QED) is 0.825. The molecule has 19 heavy (non-hydrogen) atoms. The van der Waals surface area contributed by atoms with Gasteiger partial charge in [-0.05, 0) is 37.1 Å². The highest BCUT2D eigenvalue weighted by molar-refractivity contribution is 5.45. The van der Waals surface area contributed by atoms with Crippen molar-refractivity contribution in [3.8, 4) is 11.5 Å². The predicted molar refractivity (Wildman–Crippen MR) is 78.3 cm³/mol. The van der Waals surface area contributed by atoms with Gasteiger partial charge in [0.15, 0.2) is 0 Å². The van der Waals surface area contributed by atoms with Gasteiger partial charge in [-0.25, -0.2) is 0 Å². The maximum Gasteiger partial charge on any atom is 0.122 e. The van der Waals surface area contributed by atoms with Gasteiger partial charge in [0.05, 0.1) is 14.2 Å². The third kappa shape index (κ3) is 3.08. The first kappa shape index (κ1) is 13.5. The smallest absolute Gasteiger partial charge is 0.122 e. The number of methoxy groups -OCH3 is 2. The molecule has 0 aromatic heterocycles. The summed E-state index contributed by atoms with van der Waals surface area (Å²) in [6, 6.07) is 12.5. The first-order valence-electron chi connectivity index (χ1n) is 6.41. The summed E-state index contributed by atoms with van der Waals surface area (Å²) in [6.45, 7) is 4.19. The molecule has 0 fully saturated rings. The van der Waals surface area contributed by atoms with Gasteiger partial charge in [0, 0.05) is 6.42 Å². The molecular formula is C17H20O2. The Bertz CT molecular complexity index is 522.